The van der Waals surface area contributed by atoms with E-state index in [9.17, 15) is 5.26 Å². The normalized spacial score (nSPS) is 11.6. The number of hydrogen-bond donors (Lipinski definition) is 0. The van der Waals surface area contributed by atoms with Crippen molar-refractivity contribution >= 4 is 64.9 Å². The van der Waals surface area contributed by atoms with Crippen LogP contribution in [0.1, 0.15) is 5.56 Å². The van der Waals surface area contributed by atoms with Crippen LogP contribution >= 0.6 is 0 Å². The van der Waals surface area contributed by atoms with E-state index in [1.165, 1.54) is 65.3 Å². The number of hydrogen-bond acceptors (Lipinski definition) is 1. The Hall–Kier alpha value is -7.47. The highest BCUT2D eigenvalue weighted by Crippen LogP contribution is 2.48. The Morgan fingerprint density at radius 2 is 0.818 bits per heavy atom. The van der Waals surface area contributed by atoms with Gasteiger partial charge in [-0.15, -0.1) is 0 Å². The monoisotopic (exact) mass is 696 g/mol. The molecule has 10 aromatic carbocycles. The Balaban J connectivity index is 1.24. The van der Waals surface area contributed by atoms with E-state index < -0.39 is 0 Å². The highest BCUT2D eigenvalue weighted by Gasteiger charge is 2.21. The highest BCUT2D eigenvalue weighted by molar-refractivity contribution is 6.25. The average molecular weight is 697 g/mol. The van der Waals surface area contributed by atoms with E-state index in [2.05, 4.69) is 187 Å². The van der Waals surface area contributed by atoms with Gasteiger partial charge in [0, 0.05) is 16.5 Å². The fourth-order valence-corrected chi connectivity index (χ4v) is 8.95. The number of para-hydroxylation sites is 1. The lowest BCUT2D eigenvalue weighted by molar-refractivity contribution is 1.18. The maximum atomic E-state index is 9.89. The molecule has 0 saturated heterocycles. The number of nitrogens with zero attached hydrogens (tertiary/aromatic N) is 2. The summed E-state index contributed by atoms with van der Waals surface area (Å²) in [5, 5.41) is 21.9. The molecule has 0 fully saturated rings. The third-order valence-electron chi connectivity index (χ3n) is 11.4. The molecule has 0 amide bonds. The van der Waals surface area contributed by atoms with Crippen LogP contribution in [0.5, 0.6) is 0 Å². The van der Waals surface area contributed by atoms with E-state index in [0.717, 1.165) is 38.6 Å². The molecular formula is C53H32N2. The van der Waals surface area contributed by atoms with E-state index in [-0.39, 0.29) is 0 Å². The first-order valence-electron chi connectivity index (χ1n) is 18.7. The highest BCUT2D eigenvalue weighted by atomic mass is 15.0. The lowest BCUT2D eigenvalue weighted by atomic mass is 9.83. The third-order valence-corrected chi connectivity index (χ3v) is 11.4. The minimum absolute atomic E-state index is 0.656. The standard InChI is InChI=1S/C53H32N2/c54-33-34-24-28-50-47(30-34)48-31-38(26-29-51(48)55(50)39-16-2-1-3-17-39)37-25-27-46-49(32-37)53(43-23-11-15-36-13-5-7-19-41(36)43)45-21-9-8-20-44(45)52(46)42-22-10-14-35-12-4-6-18-40(35)42/h1-32H. The Morgan fingerprint density at radius 1 is 0.345 bits per heavy atom. The predicted molar refractivity (Wildman–Crippen MR) is 232 cm³/mol. The summed E-state index contributed by atoms with van der Waals surface area (Å²) in [7, 11) is 0. The molecule has 0 aliphatic heterocycles. The van der Waals surface area contributed by atoms with Gasteiger partial charge >= 0.3 is 0 Å². The summed E-state index contributed by atoms with van der Waals surface area (Å²) in [4.78, 5) is 0. The van der Waals surface area contributed by atoms with E-state index in [4.69, 9.17) is 0 Å². The molecule has 55 heavy (non-hydrogen) atoms. The van der Waals surface area contributed by atoms with Crippen LogP contribution in [0, 0.1) is 11.3 Å². The molecule has 1 heterocycles. The third kappa shape index (κ3) is 4.81. The zero-order chi connectivity index (χ0) is 36.5. The zero-order valence-corrected chi connectivity index (χ0v) is 29.9. The van der Waals surface area contributed by atoms with Crippen molar-refractivity contribution in [3.63, 3.8) is 0 Å². The largest absolute Gasteiger partial charge is 0.309 e. The van der Waals surface area contributed by atoms with Crippen LogP contribution in [0.15, 0.2) is 194 Å². The Morgan fingerprint density at radius 3 is 1.45 bits per heavy atom. The van der Waals surface area contributed by atoms with Gasteiger partial charge in [0.15, 0.2) is 0 Å². The summed E-state index contributed by atoms with van der Waals surface area (Å²) in [5.74, 6) is 0. The van der Waals surface area contributed by atoms with Crippen molar-refractivity contribution in [2.75, 3.05) is 0 Å². The first-order chi connectivity index (χ1) is 27.2. The van der Waals surface area contributed by atoms with Gasteiger partial charge in [-0.1, -0.05) is 146 Å². The van der Waals surface area contributed by atoms with Crippen LogP contribution in [0.4, 0.5) is 0 Å². The molecule has 0 aliphatic rings. The average Bonchev–Trinajstić information content (AvgIpc) is 3.58. The molecule has 11 aromatic rings. The fourth-order valence-electron chi connectivity index (χ4n) is 8.95. The second-order valence-electron chi connectivity index (χ2n) is 14.4. The molecule has 2 heteroatoms. The quantitative estimate of drug-likeness (QED) is 0.168. The van der Waals surface area contributed by atoms with Crippen LogP contribution in [-0.2, 0) is 0 Å². The Labute approximate surface area is 318 Å². The van der Waals surface area contributed by atoms with Gasteiger partial charge in [0.05, 0.1) is 22.7 Å². The van der Waals surface area contributed by atoms with Crippen molar-refractivity contribution in [2.24, 2.45) is 0 Å². The van der Waals surface area contributed by atoms with Crippen LogP contribution in [-0.4, -0.2) is 4.57 Å². The zero-order valence-electron chi connectivity index (χ0n) is 29.9. The summed E-state index contributed by atoms with van der Waals surface area (Å²) in [5.41, 5.74) is 11.2. The topological polar surface area (TPSA) is 28.7 Å². The van der Waals surface area contributed by atoms with E-state index in [1.807, 2.05) is 18.2 Å². The molecule has 0 atom stereocenters. The number of benzene rings is 10. The van der Waals surface area contributed by atoms with Crippen molar-refractivity contribution < 1.29 is 0 Å². The fraction of sp³-hybridized carbons (Fsp3) is 0. The molecule has 0 radical (unpaired) electrons. The SMILES string of the molecule is N#Cc1ccc2c(c1)c1cc(-c3ccc4c(-c5cccc6ccccc56)c5ccccc5c(-c5cccc6ccccc56)c4c3)ccc1n2-c1ccccc1. The number of aromatic nitrogens is 1. The Bertz CT molecular complexity index is 3370. The lowest BCUT2D eigenvalue weighted by Crippen LogP contribution is -1.94. The predicted octanol–water partition coefficient (Wildman–Crippen LogP) is 14.3. The second-order valence-corrected chi connectivity index (χ2v) is 14.4. The minimum Gasteiger partial charge on any atom is -0.309 e. The first kappa shape index (κ1) is 31.1. The molecule has 0 spiro atoms. The Kier molecular flexibility index (Phi) is 6.96. The van der Waals surface area contributed by atoms with Crippen LogP contribution in [0.25, 0.3) is 104 Å². The number of nitriles is 1. The van der Waals surface area contributed by atoms with E-state index >= 15 is 0 Å². The van der Waals surface area contributed by atoms with Crippen LogP contribution in [0.3, 0.4) is 0 Å². The maximum Gasteiger partial charge on any atom is 0.0991 e. The van der Waals surface area contributed by atoms with E-state index in [1.54, 1.807) is 0 Å². The van der Waals surface area contributed by atoms with Crippen molar-refractivity contribution in [1.29, 1.82) is 5.26 Å². The van der Waals surface area contributed by atoms with Gasteiger partial charge in [-0.05, 0) is 125 Å². The summed E-state index contributed by atoms with van der Waals surface area (Å²) in [6.07, 6.45) is 0. The van der Waals surface area contributed by atoms with Crippen molar-refractivity contribution in [1.82, 2.24) is 4.57 Å². The smallest absolute Gasteiger partial charge is 0.0991 e. The molecular weight excluding hydrogens is 665 g/mol. The molecule has 11 rings (SSSR count). The van der Waals surface area contributed by atoms with Gasteiger partial charge < -0.3 is 4.57 Å². The molecule has 2 nitrogen and oxygen atoms in total. The molecule has 0 bridgehead atoms. The first-order valence-corrected chi connectivity index (χ1v) is 18.7. The van der Waals surface area contributed by atoms with Crippen molar-refractivity contribution in [2.45, 2.75) is 0 Å². The van der Waals surface area contributed by atoms with Crippen LogP contribution < -0.4 is 0 Å². The van der Waals surface area contributed by atoms with Gasteiger partial charge in [-0.25, -0.2) is 0 Å². The van der Waals surface area contributed by atoms with Gasteiger partial charge in [0.2, 0.25) is 0 Å². The summed E-state index contributed by atoms with van der Waals surface area (Å²) in [6, 6.07) is 72.4. The van der Waals surface area contributed by atoms with Crippen LogP contribution in [0.2, 0.25) is 0 Å². The summed E-state index contributed by atoms with van der Waals surface area (Å²) < 4.78 is 2.30. The molecule has 0 aliphatic carbocycles. The minimum atomic E-state index is 0.656. The molecule has 0 unspecified atom stereocenters. The van der Waals surface area contributed by atoms with E-state index in [0.29, 0.717) is 5.56 Å². The van der Waals surface area contributed by atoms with Gasteiger partial charge in [-0.2, -0.15) is 5.26 Å². The number of rotatable bonds is 4. The molecule has 0 N–H and O–H groups in total. The second kappa shape index (κ2) is 12.3. The summed E-state index contributed by atoms with van der Waals surface area (Å²) >= 11 is 0. The number of fused-ring (bicyclic) bond motifs is 7. The van der Waals surface area contributed by atoms with Crippen molar-refractivity contribution in [3.05, 3.63) is 200 Å². The molecule has 0 saturated carbocycles. The maximum absolute atomic E-state index is 9.89. The molecule has 1 aromatic heterocycles. The van der Waals surface area contributed by atoms with Gasteiger partial charge in [0.1, 0.15) is 0 Å². The summed E-state index contributed by atoms with van der Waals surface area (Å²) in [6.45, 7) is 0. The van der Waals surface area contributed by atoms with Gasteiger partial charge in [0.25, 0.3) is 0 Å². The molecule has 254 valence electrons. The lowest BCUT2D eigenvalue weighted by Gasteiger charge is -2.20. The van der Waals surface area contributed by atoms with Gasteiger partial charge in [-0.3, -0.25) is 0 Å². The van der Waals surface area contributed by atoms with Crippen molar-refractivity contribution in [3.8, 4) is 45.1 Å².